The minimum Gasteiger partial charge on any atom is -0.384 e. The summed E-state index contributed by atoms with van der Waals surface area (Å²) in [5, 5.41) is 6.23. The summed E-state index contributed by atoms with van der Waals surface area (Å²) >= 11 is 0. The molecular formula is C16H21N3O3. The highest BCUT2D eigenvalue weighted by Gasteiger charge is 2.24. The van der Waals surface area contributed by atoms with Gasteiger partial charge in [-0.1, -0.05) is 12.1 Å². The Morgan fingerprint density at radius 2 is 2.36 bits per heavy atom. The standard InChI is InChI=1S/C16H21N3O3/c1-19-9-12(22-10-14(19)20)8-18-16(21)13-6-2-4-11-5-3-7-17-15(11)13/h2,4,6,12,17H,3,5,7-10H2,1H3,(H,18,21). The summed E-state index contributed by atoms with van der Waals surface area (Å²) < 4.78 is 5.44. The number of anilines is 1. The molecule has 0 spiro atoms. The lowest BCUT2D eigenvalue weighted by molar-refractivity contribution is -0.146. The SMILES string of the molecule is CN1CC(CNC(=O)c2cccc3c2NCCC3)OCC1=O. The summed E-state index contributed by atoms with van der Waals surface area (Å²) in [6.07, 6.45) is 1.94. The molecule has 2 aliphatic heterocycles. The lowest BCUT2D eigenvalue weighted by Crippen LogP contribution is -2.48. The highest BCUT2D eigenvalue weighted by Crippen LogP contribution is 2.25. The predicted molar refractivity (Wildman–Crippen MR) is 83.0 cm³/mol. The molecule has 118 valence electrons. The van der Waals surface area contributed by atoms with E-state index >= 15 is 0 Å². The molecule has 1 saturated heterocycles. The number of hydrogen-bond acceptors (Lipinski definition) is 4. The van der Waals surface area contributed by atoms with Crippen LogP contribution in [0.25, 0.3) is 0 Å². The lowest BCUT2D eigenvalue weighted by Gasteiger charge is -2.30. The van der Waals surface area contributed by atoms with Gasteiger partial charge in [0, 0.05) is 26.7 Å². The third-order valence-electron chi connectivity index (χ3n) is 4.16. The van der Waals surface area contributed by atoms with Crippen molar-refractivity contribution in [1.82, 2.24) is 10.2 Å². The van der Waals surface area contributed by atoms with Crippen molar-refractivity contribution in [3.05, 3.63) is 29.3 Å². The van der Waals surface area contributed by atoms with Crippen LogP contribution in [0.5, 0.6) is 0 Å². The number of likely N-dealkylation sites (N-methyl/N-ethyl adjacent to an activating group) is 1. The van der Waals surface area contributed by atoms with Gasteiger partial charge in [0.1, 0.15) is 6.61 Å². The maximum Gasteiger partial charge on any atom is 0.253 e. The fourth-order valence-electron chi connectivity index (χ4n) is 2.88. The monoisotopic (exact) mass is 303 g/mol. The number of nitrogens with zero attached hydrogens (tertiary/aromatic N) is 1. The van der Waals surface area contributed by atoms with Gasteiger partial charge in [0.15, 0.2) is 0 Å². The normalized spacial score (nSPS) is 21.0. The van der Waals surface area contributed by atoms with Crippen LogP contribution in [0.15, 0.2) is 18.2 Å². The highest BCUT2D eigenvalue weighted by molar-refractivity contribution is 6.00. The zero-order valence-electron chi connectivity index (χ0n) is 12.7. The Morgan fingerprint density at radius 3 is 3.18 bits per heavy atom. The Balaban J connectivity index is 1.62. The van der Waals surface area contributed by atoms with Crippen molar-refractivity contribution in [3.8, 4) is 0 Å². The molecule has 1 aromatic carbocycles. The van der Waals surface area contributed by atoms with Crippen LogP contribution in [0, 0.1) is 0 Å². The van der Waals surface area contributed by atoms with Crippen LogP contribution < -0.4 is 10.6 Å². The van der Waals surface area contributed by atoms with E-state index in [-0.39, 0.29) is 24.5 Å². The number of carbonyl (C=O) groups excluding carboxylic acids is 2. The van der Waals surface area contributed by atoms with Crippen molar-refractivity contribution >= 4 is 17.5 Å². The molecule has 0 aromatic heterocycles. The molecule has 1 unspecified atom stereocenters. The van der Waals surface area contributed by atoms with Crippen molar-refractivity contribution in [1.29, 1.82) is 0 Å². The first-order valence-electron chi connectivity index (χ1n) is 7.64. The first kappa shape index (κ1) is 14.8. The van der Waals surface area contributed by atoms with Gasteiger partial charge in [-0.3, -0.25) is 9.59 Å². The number of morpholine rings is 1. The third kappa shape index (κ3) is 3.06. The fraction of sp³-hybridized carbons (Fsp3) is 0.500. The van der Waals surface area contributed by atoms with Gasteiger partial charge < -0.3 is 20.3 Å². The van der Waals surface area contributed by atoms with Crippen LogP contribution in [0.3, 0.4) is 0 Å². The first-order valence-corrected chi connectivity index (χ1v) is 7.64. The topological polar surface area (TPSA) is 70.7 Å². The summed E-state index contributed by atoms with van der Waals surface area (Å²) in [6.45, 7) is 1.89. The average Bonchev–Trinajstić information content (AvgIpc) is 2.55. The number of carbonyl (C=O) groups is 2. The molecule has 1 atom stereocenters. The van der Waals surface area contributed by atoms with E-state index in [9.17, 15) is 9.59 Å². The van der Waals surface area contributed by atoms with Crippen LogP contribution in [0.1, 0.15) is 22.3 Å². The molecule has 0 saturated carbocycles. The lowest BCUT2D eigenvalue weighted by atomic mass is 9.99. The molecule has 0 bridgehead atoms. The average molecular weight is 303 g/mol. The van der Waals surface area contributed by atoms with Crippen LogP contribution in [0.2, 0.25) is 0 Å². The van der Waals surface area contributed by atoms with E-state index in [0.717, 1.165) is 25.1 Å². The maximum atomic E-state index is 12.4. The van der Waals surface area contributed by atoms with Gasteiger partial charge in [-0.2, -0.15) is 0 Å². The zero-order chi connectivity index (χ0) is 15.5. The number of nitrogens with one attached hydrogen (secondary N) is 2. The highest BCUT2D eigenvalue weighted by atomic mass is 16.5. The van der Waals surface area contributed by atoms with Crippen LogP contribution in [0.4, 0.5) is 5.69 Å². The molecule has 1 fully saturated rings. The van der Waals surface area contributed by atoms with Gasteiger partial charge in [-0.15, -0.1) is 0 Å². The van der Waals surface area contributed by atoms with Gasteiger partial charge >= 0.3 is 0 Å². The van der Waals surface area contributed by atoms with Crippen LogP contribution in [-0.4, -0.2) is 56.1 Å². The molecule has 6 heteroatoms. The van der Waals surface area contributed by atoms with Gasteiger partial charge in [0.25, 0.3) is 5.91 Å². The maximum absolute atomic E-state index is 12.4. The predicted octanol–water partition coefficient (Wildman–Crippen LogP) is 0.632. The largest absolute Gasteiger partial charge is 0.384 e. The number of hydrogen-bond donors (Lipinski definition) is 2. The van der Waals surface area contributed by atoms with Crippen LogP contribution in [-0.2, 0) is 16.0 Å². The second-order valence-electron chi connectivity index (χ2n) is 5.79. The van der Waals surface area contributed by atoms with E-state index in [4.69, 9.17) is 4.74 Å². The number of fused-ring (bicyclic) bond motifs is 1. The minimum absolute atomic E-state index is 0.0242. The van der Waals surface area contributed by atoms with E-state index < -0.39 is 0 Å². The molecule has 2 aliphatic rings. The summed E-state index contributed by atoms with van der Waals surface area (Å²) in [5.74, 6) is -0.127. The summed E-state index contributed by atoms with van der Waals surface area (Å²) in [6, 6.07) is 5.82. The van der Waals surface area contributed by atoms with E-state index in [1.165, 1.54) is 5.56 Å². The van der Waals surface area contributed by atoms with Crippen molar-refractivity contribution in [2.45, 2.75) is 18.9 Å². The number of rotatable bonds is 3. The van der Waals surface area contributed by atoms with Gasteiger partial charge in [-0.05, 0) is 24.5 Å². The van der Waals surface area contributed by atoms with Crippen LogP contribution >= 0.6 is 0 Å². The van der Waals surface area contributed by atoms with Gasteiger partial charge in [0.05, 0.1) is 17.4 Å². The number of ether oxygens (including phenoxy) is 1. The van der Waals surface area contributed by atoms with E-state index in [1.807, 2.05) is 12.1 Å². The molecule has 3 rings (SSSR count). The molecule has 0 aliphatic carbocycles. The Kier molecular flexibility index (Phi) is 4.29. The number of para-hydroxylation sites is 1. The molecule has 22 heavy (non-hydrogen) atoms. The van der Waals surface area contributed by atoms with Crippen molar-refractivity contribution < 1.29 is 14.3 Å². The molecule has 6 nitrogen and oxygen atoms in total. The molecule has 1 aromatic rings. The first-order chi connectivity index (χ1) is 10.6. The van der Waals surface area contributed by atoms with Crippen molar-refractivity contribution in [3.63, 3.8) is 0 Å². The fourth-order valence-corrected chi connectivity index (χ4v) is 2.88. The molecule has 0 radical (unpaired) electrons. The van der Waals surface area contributed by atoms with Crippen molar-refractivity contribution in [2.24, 2.45) is 0 Å². The zero-order valence-corrected chi connectivity index (χ0v) is 12.7. The molecule has 2 amide bonds. The number of aryl methyl sites for hydroxylation is 1. The van der Waals surface area contributed by atoms with Gasteiger partial charge in [-0.25, -0.2) is 0 Å². The van der Waals surface area contributed by atoms with E-state index in [0.29, 0.717) is 18.7 Å². The molecule has 2 heterocycles. The Bertz CT molecular complexity index is 588. The van der Waals surface area contributed by atoms with Gasteiger partial charge in [0.2, 0.25) is 5.91 Å². The summed E-state index contributed by atoms with van der Waals surface area (Å²) in [4.78, 5) is 25.4. The van der Waals surface area contributed by atoms with Crippen molar-refractivity contribution in [2.75, 3.05) is 38.6 Å². The Hall–Kier alpha value is -2.08. The molecular weight excluding hydrogens is 282 g/mol. The number of amides is 2. The minimum atomic E-state index is -0.154. The summed E-state index contributed by atoms with van der Waals surface area (Å²) in [7, 11) is 1.75. The smallest absolute Gasteiger partial charge is 0.253 e. The molecule has 2 N–H and O–H groups in total. The van der Waals surface area contributed by atoms with E-state index in [2.05, 4.69) is 16.7 Å². The quantitative estimate of drug-likeness (QED) is 0.859. The second-order valence-corrected chi connectivity index (χ2v) is 5.79. The van der Waals surface area contributed by atoms with E-state index in [1.54, 1.807) is 11.9 Å². The third-order valence-corrected chi connectivity index (χ3v) is 4.16. The Morgan fingerprint density at radius 1 is 1.50 bits per heavy atom. The number of benzene rings is 1. The Labute approximate surface area is 129 Å². The summed E-state index contributed by atoms with van der Waals surface area (Å²) in [5.41, 5.74) is 2.82. The second kappa shape index (κ2) is 6.36.